The van der Waals surface area contributed by atoms with E-state index in [0.29, 0.717) is 23.5 Å². The number of halogens is 2. The van der Waals surface area contributed by atoms with Crippen molar-refractivity contribution in [3.8, 4) is 0 Å². The van der Waals surface area contributed by atoms with Gasteiger partial charge in [-0.2, -0.15) is 9.97 Å². The van der Waals surface area contributed by atoms with Gasteiger partial charge in [-0.25, -0.2) is 10.5 Å². The maximum atomic E-state index is 10.2. The lowest BCUT2D eigenvalue weighted by molar-refractivity contribution is -0.0353. The van der Waals surface area contributed by atoms with Crippen LogP contribution in [0.3, 0.4) is 0 Å². The van der Waals surface area contributed by atoms with E-state index in [2.05, 4.69) is 20.4 Å². The number of aliphatic hydroxyl groups excluding tert-OH is 2. The van der Waals surface area contributed by atoms with Crippen LogP contribution in [0, 0.1) is 0 Å². The molecule has 1 aliphatic heterocycles. The number of aliphatic hydroxyl groups is 2. The molecule has 3 heterocycles. The highest BCUT2D eigenvalue weighted by molar-refractivity contribution is 6.28. The summed E-state index contributed by atoms with van der Waals surface area (Å²) in [7, 11) is 1.43. The Hall–Kier alpha value is -1.23. The summed E-state index contributed by atoms with van der Waals surface area (Å²) in [6.45, 7) is 0. The Bertz CT molecular complexity index is 699. The highest BCUT2D eigenvalue weighted by atomic mass is 35.5. The van der Waals surface area contributed by atoms with Crippen LogP contribution in [-0.2, 0) is 9.57 Å². The van der Waals surface area contributed by atoms with E-state index in [-0.39, 0.29) is 11.1 Å². The summed E-state index contributed by atoms with van der Waals surface area (Å²) in [6.07, 6.45) is -1.78. The van der Waals surface area contributed by atoms with Crippen molar-refractivity contribution in [2.45, 2.75) is 31.0 Å². The van der Waals surface area contributed by atoms with E-state index in [1.165, 1.54) is 18.0 Å². The van der Waals surface area contributed by atoms with Gasteiger partial charge in [0.15, 0.2) is 23.2 Å². The van der Waals surface area contributed by atoms with Crippen LogP contribution in [0.5, 0.6) is 0 Å². The first-order valence-corrected chi connectivity index (χ1v) is 7.74. The minimum absolute atomic E-state index is 0.0239. The molecule has 9 nitrogen and oxygen atoms in total. The molecule has 0 amide bonds. The molecule has 1 aliphatic rings. The van der Waals surface area contributed by atoms with Crippen molar-refractivity contribution >= 4 is 40.2 Å². The molecule has 0 aromatic carbocycles. The normalized spacial score (nSPS) is 27.7. The summed E-state index contributed by atoms with van der Waals surface area (Å²) in [5.74, 6) is 0.591. The van der Waals surface area contributed by atoms with Gasteiger partial charge in [-0.1, -0.05) is 0 Å². The summed E-state index contributed by atoms with van der Waals surface area (Å²) in [5, 5.41) is 20.3. The molecule has 0 spiro atoms. The van der Waals surface area contributed by atoms with Crippen molar-refractivity contribution in [2.24, 2.45) is 0 Å². The minimum atomic E-state index is -1.15. The van der Waals surface area contributed by atoms with Gasteiger partial charge in [0.2, 0.25) is 5.28 Å². The van der Waals surface area contributed by atoms with Crippen LogP contribution in [0.1, 0.15) is 12.6 Å². The van der Waals surface area contributed by atoms with Gasteiger partial charge in [0.25, 0.3) is 0 Å². The van der Waals surface area contributed by atoms with Crippen molar-refractivity contribution in [3.63, 3.8) is 0 Å². The van der Waals surface area contributed by atoms with Crippen LogP contribution in [0.4, 0.5) is 5.82 Å². The van der Waals surface area contributed by atoms with Crippen LogP contribution >= 0.6 is 23.2 Å². The molecule has 3 rings (SSSR count). The minimum Gasteiger partial charge on any atom is -0.388 e. The number of rotatable bonds is 5. The van der Waals surface area contributed by atoms with Crippen LogP contribution in [0.15, 0.2) is 6.33 Å². The van der Waals surface area contributed by atoms with Crippen molar-refractivity contribution in [2.75, 3.05) is 18.5 Å². The zero-order valence-electron chi connectivity index (χ0n) is 12.1. The highest BCUT2D eigenvalue weighted by Gasteiger charge is 2.43. The summed E-state index contributed by atoms with van der Waals surface area (Å²) < 4.78 is 7.19. The van der Waals surface area contributed by atoms with Crippen molar-refractivity contribution in [1.29, 1.82) is 0 Å². The highest BCUT2D eigenvalue weighted by Crippen LogP contribution is 2.34. The van der Waals surface area contributed by atoms with Crippen molar-refractivity contribution in [3.05, 3.63) is 11.6 Å². The lowest BCUT2D eigenvalue weighted by atomic mass is 10.1. The lowest BCUT2D eigenvalue weighted by Crippen LogP contribution is -2.31. The Balaban J connectivity index is 2.00. The first kappa shape index (κ1) is 16.6. The maximum Gasteiger partial charge on any atom is 0.226 e. The zero-order chi connectivity index (χ0) is 16.6. The van der Waals surface area contributed by atoms with E-state index in [1.807, 2.05) is 0 Å². The van der Waals surface area contributed by atoms with E-state index >= 15 is 0 Å². The van der Waals surface area contributed by atoms with E-state index in [0.717, 1.165) is 0 Å². The molecular formula is C12H15Cl2N5O4. The second kappa shape index (κ2) is 6.71. The fourth-order valence-electron chi connectivity index (χ4n) is 2.55. The Morgan fingerprint density at radius 3 is 2.87 bits per heavy atom. The van der Waals surface area contributed by atoms with Crippen LogP contribution in [0.2, 0.25) is 5.28 Å². The summed E-state index contributed by atoms with van der Waals surface area (Å²) >= 11 is 11.6. The monoisotopic (exact) mass is 363 g/mol. The fourth-order valence-corrected chi connectivity index (χ4v) is 2.93. The topological polar surface area (TPSA) is 115 Å². The van der Waals surface area contributed by atoms with E-state index in [1.54, 1.807) is 0 Å². The number of nitrogens with one attached hydrogen (secondary N) is 1. The van der Waals surface area contributed by atoms with E-state index in [9.17, 15) is 10.2 Å². The second-order valence-corrected chi connectivity index (χ2v) is 5.71. The number of aromatic nitrogens is 4. The first-order chi connectivity index (χ1) is 11.1. The van der Waals surface area contributed by atoms with Crippen LogP contribution < -0.4 is 5.48 Å². The van der Waals surface area contributed by atoms with Gasteiger partial charge in [-0.05, 0) is 18.0 Å². The number of nitrogens with zero attached hydrogens (tertiary/aromatic N) is 4. The van der Waals surface area contributed by atoms with Gasteiger partial charge in [0.1, 0.15) is 12.2 Å². The lowest BCUT2D eigenvalue weighted by Gasteiger charge is -2.16. The molecule has 23 heavy (non-hydrogen) atoms. The molecular weight excluding hydrogens is 349 g/mol. The number of alkyl halides is 1. The fraction of sp³-hybridized carbons (Fsp3) is 0.583. The SMILES string of the molecule is CONc1nc(Cl)nc2c1ncn2[C@@H]1O[C@H](CCCl)[C@@H](O)[C@H]1O. The first-order valence-electron chi connectivity index (χ1n) is 6.83. The van der Waals surface area contributed by atoms with Crippen LogP contribution in [0.25, 0.3) is 11.2 Å². The molecule has 4 atom stereocenters. The third-order valence-corrected chi connectivity index (χ3v) is 3.99. The average Bonchev–Trinajstić information content (AvgIpc) is 3.04. The predicted octanol–water partition coefficient (Wildman–Crippen LogP) is 0.701. The Morgan fingerprint density at radius 2 is 2.17 bits per heavy atom. The zero-order valence-corrected chi connectivity index (χ0v) is 13.6. The number of hydrogen-bond acceptors (Lipinski definition) is 8. The third-order valence-electron chi connectivity index (χ3n) is 3.60. The van der Waals surface area contributed by atoms with Crippen LogP contribution in [-0.4, -0.2) is 61.0 Å². The number of imidazole rings is 1. The molecule has 2 aromatic rings. The Labute approximate surface area is 141 Å². The molecule has 126 valence electrons. The summed E-state index contributed by atoms with van der Waals surface area (Å²) in [4.78, 5) is 17.1. The van der Waals surface area contributed by atoms with Gasteiger partial charge < -0.3 is 14.9 Å². The number of anilines is 1. The van der Waals surface area contributed by atoms with E-state index in [4.69, 9.17) is 32.8 Å². The molecule has 2 aromatic heterocycles. The van der Waals surface area contributed by atoms with Crippen molar-refractivity contribution < 1.29 is 19.8 Å². The standard InChI is InChI=1S/C12H15Cl2N5O4/c1-22-18-9-6-10(17-12(14)16-9)19(4-15-6)11-8(21)7(20)5(23-11)2-3-13/h4-5,7-8,11,20-21H,2-3H2,1H3,(H,16,17,18)/t5-,7-,8-,11-/m1/s1. The third kappa shape index (κ3) is 2.95. The van der Waals surface area contributed by atoms with Gasteiger partial charge in [0.05, 0.1) is 19.5 Å². The van der Waals surface area contributed by atoms with E-state index < -0.39 is 24.5 Å². The quantitative estimate of drug-likeness (QED) is 0.404. The largest absolute Gasteiger partial charge is 0.388 e. The summed E-state index contributed by atoms with van der Waals surface area (Å²) in [5.41, 5.74) is 3.29. The van der Waals surface area contributed by atoms with Gasteiger partial charge in [0, 0.05) is 5.88 Å². The molecule has 0 radical (unpaired) electrons. The smallest absolute Gasteiger partial charge is 0.226 e. The number of fused-ring (bicyclic) bond motifs is 1. The maximum absolute atomic E-state index is 10.2. The molecule has 3 N–H and O–H groups in total. The average molecular weight is 364 g/mol. The Kier molecular flexibility index (Phi) is 4.85. The molecule has 1 fully saturated rings. The molecule has 0 saturated carbocycles. The van der Waals surface area contributed by atoms with Gasteiger partial charge in [-0.3, -0.25) is 9.40 Å². The number of ether oxygens (including phenoxy) is 1. The number of hydrogen-bond donors (Lipinski definition) is 3. The molecule has 0 bridgehead atoms. The molecule has 0 aliphatic carbocycles. The van der Waals surface area contributed by atoms with Crippen molar-refractivity contribution in [1.82, 2.24) is 19.5 Å². The Morgan fingerprint density at radius 1 is 1.39 bits per heavy atom. The van der Waals surface area contributed by atoms with Gasteiger partial charge >= 0.3 is 0 Å². The molecule has 0 unspecified atom stereocenters. The second-order valence-electron chi connectivity index (χ2n) is 5.00. The summed E-state index contributed by atoms with van der Waals surface area (Å²) in [6, 6.07) is 0. The molecule has 11 heteroatoms. The molecule has 1 saturated heterocycles. The predicted molar refractivity (Wildman–Crippen MR) is 82.2 cm³/mol. The van der Waals surface area contributed by atoms with Gasteiger partial charge in [-0.15, -0.1) is 11.6 Å².